The molecular weight excluding hydrogens is 308 g/mol. The molecule has 0 fully saturated rings. The molecular formula is C17H16N4OS. The van der Waals surface area contributed by atoms with Crippen molar-refractivity contribution in [2.75, 3.05) is 11.6 Å². The third-order valence-corrected chi connectivity index (χ3v) is 3.58. The standard InChI is InChI=1S/C17H16N4OS/c1-12-6-8-14(9-7-12)20-16(22)13-4-3-5-15(10-13)21-17(23-2)19-11-18/h3-10H,1-2H3,(H,19,21)(H,20,22). The topological polar surface area (TPSA) is 77.3 Å². The number of aryl methyl sites for hydroxylation is 1. The smallest absolute Gasteiger partial charge is 0.255 e. The van der Waals surface area contributed by atoms with Gasteiger partial charge < -0.3 is 5.32 Å². The predicted molar refractivity (Wildman–Crippen MR) is 94.9 cm³/mol. The Kier molecular flexibility index (Phi) is 5.78. The Morgan fingerprint density at radius 2 is 1.96 bits per heavy atom. The second kappa shape index (κ2) is 8.01. The fourth-order valence-electron chi connectivity index (χ4n) is 1.85. The number of carbonyl (C=O) groups is 1. The average Bonchev–Trinajstić information content (AvgIpc) is 2.56. The van der Waals surface area contributed by atoms with Gasteiger partial charge in [-0.3, -0.25) is 10.1 Å². The Morgan fingerprint density at radius 3 is 2.61 bits per heavy atom. The molecule has 0 saturated carbocycles. The van der Waals surface area contributed by atoms with E-state index in [0.717, 1.165) is 11.3 Å². The zero-order chi connectivity index (χ0) is 16.7. The number of aliphatic imine (C=N–C) groups is 1. The van der Waals surface area contributed by atoms with Gasteiger partial charge >= 0.3 is 0 Å². The summed E-state index contributed by atoms with van der Waals surface area (Å²) in [6.45, 7) is 1.99. The van der Waals surface area contributed by atoms with Crippen LogP contribution in [0, 0.1) is 18.4 Å². The maximum Gasteiger partial charge on any atom is 0.255 e. The molecule has 2 aromatic carbocycles. The van der Waals surface area contributed by atoms with Gasteiger partial charge in [-0.2, -0.15) is 5.26 Å². The maximum atomic E-state index is 12.3. The number of rotatable bonds is 3. The van der Waals surface area contributed by atoms with E-state index >= 15 is 0 Å². The number of nitrogens with zero attached hydrogens (tertiary/aromatic N) is 2. The summed E-state index contributed by atoms with van der Waals surface area (Å²) in [6, 6.07) is 14.5. The molecule has 0 aromatic heterocycles. The first kappa shape index (κ1) is 16.6. The van der Waals surface area contributed by atoms with Gasteiger partial charge in [0.1, 0.15) is 0 Å². The molecule has 2 aromatic rings. The van der Waals surface area contributed by atoms with Crippen molar-refractivity contribution in [2.45, 2.75) is 6.92 Å². The van der Waals surface area contributed by atoms with E-state index in [1.165, 1.54) is 11.8 Å². The summed E-state index contributed by atoms with van der Waals surface area (Å²) >= 11 is 1.32. The van der Waals surface area contributed by atoms with Crippen molar-refractivity contribution in [3.8, 4) is 6.19 Å². The third kappa shape index (κ3) is 4.87. The first-order chi connectivity index (χ1) is 11.1. The van der Waals surface area contributed by atoms with Crippen LogP contribution in [0.3, 0.4) is 0 Å². The Bertz CT molecular complexity index is 763. The van der Waals surface area contributed by atoms with E-state index < -0.39 is 0 Å². The fraction of sp³-hybridized carbons (Fsp3) is 0.118. The molecule has 0 unspecified atom stereocenters. The molecule has 5 nitrogen and oxygen atoms in total. The lowest BCUT2D eigenvalue weighted by molar-refractivity contribution is 0.102. The molecule has 0 aliphatic rings. The van der Waals surface area contributed by atoms with Crippen LogP contribution in [0.25, 0.3) is 0 Å². The highest BCUT2D eigenvalue weighted by molar-refractivity contribution is 8.13. The molecule has 0 aliphatic heterocycles. The number of nitrogens with one attached hydrogen (secondary N) is 2. The molecule has 0 atom stereocenters. The van der Waals surface area contributed by atoms with Crippen molar-refractivity contribution < 1.29 is 4.79 Å². The number of hydrogen-bond donors (Lipinski definition) is 2. The molecule has 0 bridgehead atoms. The van der Waals surface area contributed by atoms with Gasteiger partial charge in [0.25, 0.3) is 5.91 Å². The minimum absolute atomic E-state index is 0.204. The maximum absolute atomic E-state index is 12.3. The van der Waals surface area contributed by atoms with Crippen molar-refractivity contribution in [2.24, 2.45) is 4.99 Å². The predicted octanol–water partition coefficient (Wildman–Crippen LogP) is 3.67. The summed E-state index contributed by atoms with van der Waals surface area (Å²) < 4.78 is 0. The minimum atomic E-state index is -0.204. The van der Waals surface area contributed by atoms with E-state index in [1.54, 1.807) is 24.3 Å². The normalized spacial score (nSPS) is 10.7. The Morgan fingerprint density at radius 1 is 1.22 bits per heavy atom. The summed E-state index contributed by atoms with van der Waals surface area (Å²) in [4.78, 5) is 16.6. The Hall–Kier alpha value is -2.78. The first-order valence-corrected chi connectivity index (χ1v) is 8.10. The molecule has 0 saturated heterocycles. The van der Waals surface area contributed by atoms with E-state index in [1.807, 2.05) is 43.6 Å². The molecule has 0 heterocycles. The van der Waals surface area contributed by atoms with Gasteiger partial charge in [-0.25, -0.2) is 4.99 Å². The third-order valence-electron chi connectivity index (χ3n) is 3.00. The van der Waals surface area contributed by atoms with Crippen LogP contribution in [0.1, 0.15) is 15.9 Å². The molecule has 0 aliphatic carbocycles. The highest BCUT2D eigenvalue weighted by atomic mass is 32.2. The highest BCUT2D eigenvalue weighted by Gasteiger charge is 2.07. The number of amides is 1. The monoisotopic (exact) mass is 324 g/mol. The van der Waals surface area contributed by atoms with Crippen LogP contribution in [0.2, 0.25) is 0 Å². The number of amidine groups is 1. The van der Waals surface area contributed by atoms with Crippen molar-refractivity contribution in [1.82, 2.24) is 5.32 Å². The number of thioether (sulfide) groups is 1. The minimum Gasteiger partial charge on any atom is -0.322 e. The van der Waals surface area contributed by atoms with Crippen LogP contribution in [-0.2, 0) is 0 Å². The average molecular weight is 324 g/mol. The van der Waals surface area contributed by atoms with Gasteiger partial charge in [-0.1, -0.05) is 35.5 Å². The molecule has 23 heavy (non-hydrogen) atoms. The molecule has 116 valence electrons. The van der Waals surface area contributed by atoms with Crippen LogP contribution in [0.5, 0.6) is 0 Å². The lowest BCUT2D eigenvalue weighted by Gasteiger charge is -2.06. The van der Waals surface area contributed by atoms with E-state index in [0.29, 0.717) is 16.4 Å². The molecule has 0 radical (unpaired) electrons. The van der Waals surface area contributed by atoms with Gasteiger partial charge in [0.2, 0.25) is 0 Å². The van der Waals surface area contributed by atoms with Gasteiger partial charge in [-0.05, 0) is 43.5 Å². The van der Waals surface area contributed by atoms with Crippen LogP contribution in [-0.4, -0.2) is 17.3 Å². The largest absolute Gasteiger partial charge is 0.322 e. The lowest BCUT2D eigenvalue weighted by Crippen LogP contribution is -2.13. The Balaban J connectivity index is 2.17. The highest BCUT2D eigenvalue weighted by Crippen LogP contribution is 2.17. The van der Waals surface area contributed by atoms with E-state index in [4.69, 9.17) is 5.26 Å². The van der Waals surface area contributed by atoms with Crippen molar-refractivity contribution in [3.63, 3.8) is 0 Å². The quantitative estimate of drug-likeness (QED) is 0.391. The summed E-state index contributed by atoms with van der Waals surface area (Å²) in [5.74, 6) is -0.204. The van der Waals surface area contributed by atoms with Gasteiger partial charge in [-0.15, -0.1) is 0 Å². The van der Waals surface area contributed by atoms with Crippen LogP contribution < -0.4 is 10.6 Å². The van der Waals surface area contributed by atoms with Crippen molar-refractivity contribution >= 4 is 34.2 Å². The van der Waals surface area contributed by atoms with E-state index in [-0.39, 0.29) is 5.91 Å². The number of anilines is 1. The van der Waals surface area contributed by atoms with E-state index in [9.17, 15) is 4.79 Å². The van der Waals surface area contributed by atoms with Gasteiger partial charge in [0.05, 0.1) is 5.69 Å². The van der Waals surface area contributed by atoms with Gasteiger partial charge in [0.15, 0.2) is 11.4 Å². The molecule has 2 rings (SSSR count). The Labute approximate surface area is 139 Å². The van der Waals surface area contributed by atoms with Crippen LogP contribution >= 0.6 is 11.8 Å². The van der Waals surface area contributed by atoms with E-state index in [2.05, 4.69) is 15.6 Å². The summed E-state index contributed by atoms with van der Waals surface area (Å²) in [5.41, 5.74) is 2.98. The van der Waals surface area contributed by atoms with Crippen LogP contribution in [0.15, 0.2) is 53.5 Å². The molecule has 1 amide bonds. The number of nitriles is 1. The fourth-order valence-corrected chi connectivity index (χ4v) is 2.19. The molecule has 2 N–H and O–H groups in total. The summed E-state index contributed by atoms with van der Waals surface area (Å²) in [6.07, 6.45) is 3.65. The van der Waals surface area contributed by atoms with Crippen LogP contribution in [0.4, 0.5) is 11.4 Å². The second-order valence-electron chi connectivity index (χ2n) is 4.73. The first-order valence-electron chi connectivity index (χ1n) is 6.88. The van der Waals surface area contributed by atoms with Gasteiger partial charge in [0, 0.05) is 11.3 Å². The number of benzene rings is 2. The zero-order valence-electron chi connectivity index (χ0n) is 12.8. The summed E-state index contributed by atoms with van der Waals surface area (Å²) in [5, 5.41) is 14.5. The number of hydrogen-bond acceptors (Lipinski definition) is 4. The second-order valence-corrected chi connectivity index (χ2v) is 5.52. The molecule has 0 spiro atoms. The number of carbonyl (C=O) groups excluding carboxylic acids is 1. The zero-order valence-corrected chi connectivity index (χ0v) is 13.6. The lowest BCUT2D eigenvalue weighted by atomic mass is 10.1. The molecule has 6 heteroatoms. The summed E-state index contributed by atoms with van der Waals surface area (Å²) in [7, 11) is 0. The van der Waals surface area contributed by atoms with Crippen molar-refractivity contribution in [1.29, 1.82) is 5.26 Å². The van der Waals surface area contributed by atoms with Crippen molar-refractivity contribution in [3.05, 3.63) is 59.7 Å². The SMILES string of the molecule is CSC(=Nc1cccc(C(=O)Nc2ccc(C)cc2)c1)NC#N.